The van der Waals surface area contributed by atoms with E-state index in [4.69, 9.17) is 5.41 Å². The molecule has 1 unspecified atom stereocenters. The van der Waals surface area contributed by atoms with E-state index in [1.54, 1.807) is 0 Å². The van der Waals surface area contributed by atoms with Crippen LogP contribution in [-0.4, -0.2) is 60.5 Å². The highest BCUT2D eigenvalue weighted by Crippen LogP contribution is 2.16. The third kappa shape index (κ3) is 2.60. The molecule has 1 rings (SSSR count). The van der Waals surface area contributed by atoms with Crippen molar-refractivity contribution in [3.05, 3.63) is 0 Å². The van der Waals surface area contributed by atoms with Gasteiger partial charge in [-0.1, -0.05) is 0 Å². The van der Waals surface area contributed by atoms with Gasteiger partial charge < -0.3 is 4.74 Å². The maximum atomic E-state index is 11.8. The molecule has 1 heterocycles. The third-order valence-electron chi connectivity index (χ3n) is 2.52. The van der Waals surface area contributed by atoms with Crippen LogP contribution in [0.2, 0.25) is 0 Å². The van der Waals surface area contributed by atoms with Crippen LogP contribution in [0.5, 0.6) is 0 Å². The van der Waals surface area contributed by atoms with Gasteiger partial charge in [0.15, 0.2) is 5.92 Å². The minimum Gasteiger partial charge on any atom is -0.459 e. The van der Waals surface area contributed by atoms with E-state index in [9.17, 15) is 19.2 Å². The summed E-state index contributed by atoms with van der Waals surface area (Å²) in [6.07, 6.45) is 0. The highest BCUT2D eigenvalue weighted by atomic mass is 16.5. The van der Waals surface area contributed by atoms with E-state index in [0.717, 1.165) is 16.9 Å². The number of methoxy groups -OCH3 is 1. The number of Topliss-reactive ketones (excluding diaryl/α,β-unsaturated/α-hetero) is 1. The predicted octanol–water partition coefficient (Wildman–Crippen LogP) is -1.15. The Morgan fingerprint density at radius 3 is 2.32 bits per heavy atom. The molecule has 0 spiro atoms. The molecule has 1 N–H and O–H groups in total. The summed E-state index contributed by atoms with van der Waals surface area (Å²) in [7, 11) is 3.55. The van der Waals surface area contributed by atoms with Crippen molar-refractivity contribution >= 4 is 29.5 Å². The van der Waals surface area contributed by atoms with Crippen LogP contribution in [0, 0.1) is 23.2 Å². The summed E-state index contributed by atoms with van der Waals surface area (Å²) in [5.41, 5.74) is 0. The molecule has 0 radical (unpaired) electrons. The lowest BCUT2D eigenvalue weighted by Crippen LogP contribution is -2.58. The zero-order chi connectivity index (χ0) is 14.7. The summed E-state index contributed by atoms with van der Waals surface area (Å²) >= 11 is 0. The molecule has 1 fully saturated rings. The lowest BCUT2D eigenvalue weighted by Gasteiger charge is -2.33. The minimum absolute atomic E-state index is 0.475. The summed E-state index contributed by atoms with van der Waals surface area (Å²) in [5.74, 6) is -0.892. The first-order valence-electron chi connectivity index (χ1n) is 5.08. The van der Waals surface area contributed by atoms with Gasteiger partial charge in [-0.3, -0.25) is 24.8 Å². The first-order valence-corrected chi connectivity index (χ1v) is 5.08. The second-order valence-electron chi connectivity index (χ2n) is 3.66. The van der Waals surface area contributed by atoms with E-state index in [-0.39, 0.29) is 0 Å². The Morgan fingerprint density at radius 1 is 1.21 bits per heavy atom. The Morgan fingerprint density at radius 2 is 1.79 bits per heavy atom. The quantitative estimate of drug-likeness (QED) is 0.212. The molecule has 8 heteroatoms. The van der Waals surface area contributed by atoms with Crippen LogP contribution >= 0.6 is 0 Å². The number of carbonyl (C=O) groups is 4. The number of ether oxygens (including phenoxy) is 1. The molecule has 1 saturated heterocycles. The van der Waals surface area contributed by atoms with Gasteiger partial charge in [-0.05, 0) is 5.92 Å². The molecule has 0 bridgehead atoms. The van der Waals surface area contributed by atoms with Gasteiger partial charge in [0.1, 0.15) is 5.84 Å². The molecule has 1 aliphatic rings. The van der Waals surface area contributed by atoms with Crippen molar-refractivity contribution in [2.75, 3.05) is 21.2 Å². The third-order valence-corrected chi connectivity index (χ3v) is 2.52. The molecular weight excluding hydrogens is 254 g/mol. The van der Waals surface area contributed by atoms with E-state index in [1.807, 2.05) is 11.8 Å². The van der Waals surface area contributed by atoms with Gasteiger partial charge >= 0.3 is 12.0 Å². The molecule has 1 atom stereocenters. The fourth-order valence-electron chi connectivity index (χ4n) is 1.40. The molecule has 19 heavy (non-hydrogen) atoms. The summed E-state index contributed by atoms with van der Waals surface area (Å²) in [6, 6.07) is -0.708. The number of hydrogen-bond donors (Lipinski definition) is 1. The van der Waals surface area contributed by atoms with E-state index in [2.05, 4.69) is 4.74 Å². The van der Waals surface area contributed by atoms with Gasteiger partial charge in [0.2, 0.25) is 11.7 Å². The van der Waals surface area contributed by atoms with Crippen molar-refractivity contribution < 1.29 is 23.9 Å². The van der Waals surface area contributed by atoms with Crippen LogP contribution in [0.15, 0.2) is 0 Å². The standard InChI is InChI=1S/C11H11N3O5/c1-13-9(12)8(10(17)14(2)11(13)18)6(15)4-5-7(16)19-3/h8,12H,1-3H3. The minimum atomic E-state index is -1.51. The Kier molecular flexibility index (Phi) is 4.01. The van der Waals surface area contributed by atoms with Gasteiger partial charge in [0.25, 0.3) is 0 Å². The van der Waals surface area contributed by atoms with Crippen LogP contribution in [0.3, 0.4) is 0 Å². The molecular formula is C11H11N3O5. The fourth-order valence-corrected chi connectivity index (χ4v) is 1.40. The van der Waals surface area contributed by atoms with Crippen LogP contribution in [-0.2, 0) is 19.1 Å². The average Bonchev–Trinajstić information content (AvgIpc) is 2.40. The van der Waals surface area contributed by atoms with Gasteiger partial charge in [-0.25, -0.2) is 9.59 Å². The number of imide groups is 1. The SMILES string of the molecule is COC(=O)C#CC(=O)C1C(=N)N(C)C(=O)N(C)C1=O. The average molecular weight is 265 g/mol. The van der Waals surface area contributed by atoms with Crippen molar-refractivity contribution in [3.63, 3.8) is 0 Å². The van der Waals surface area contributed by atoms with Crippen molar-refractivity contribution in [1.82, 2.24) is 9.80 Å². The predicted molar refractivity (Wildman–Crippen MR) is 61.9 cm³/mol. The molecule has 0 aliphatic carbocycles. The summed E-state index contributed by atoms with van der Waals surface area (Å²) < 4.78 is 4.22. The monoisotopic (exact) mass is 265 g/mol. The largest absolute Gasteiger partial charge is 0.459 e. The lowest BCUT2D eigenvalue weighted by molar-refractivity contribution is -0.136. The number of esters is 1. The van der Waals surface area contributed by atoms with E-state index < -0.39 is 35.4 Å². The number of hydrogen-bond acceptors (Lipinski definition) is 6. The number of urea groups is 1. The summed E-state index contributed by atoms with van der Waals surface area (Å²) in [4.78, 5) is 47.4. The Balaban J connectivity index is 3.04. The number of nitrogens with zero attached hydrogens (tertiary/aromatic N) is 2. The number of amidine groups is 1. The van der Waals surface area contributed by atoms with Gasteiger partial charge in [0.05, 0.1) is 7.11 Å². The number of amides is 3. The number of rotatable bonds is 1. The molecule has 0 aromatic carbocycles. The second kappa shape index (κ2) is 5.30. The molecule has 3 amide bonds. The topological polar surface area (TPSA) is 108 Å². The van der Waals surface area contributed by atoms with Crippen LogP contribution in [0.4, 0.5) is 4.79 Å². The van der Waals surface area contributed by atoms with Crippen molar-refractivity contribution in [2.24, 2.45) is 5.92 Å². The van der Waals surface area contributed by atoms with Crippen molar-refractivity contribution in [3.8, 4) is 11.8 Å². The molecule has 0 aromatic heterocycles. The smallest absolute Gasteiger partial charge is 0.384 e. The highest BCUT2D eigenvalue weighted by Gasteiger charge is 2.43. The normalized spacial score (nSPS) is 18.9. The molecule has 0 saturated carbocycles. The number of carbonyl (C=O) groups excluding carboxylic acids is 4. The number of nitrogens with one attached hydrogen (secondary N) is 1. The fraction of sp³-hybridized carbons (Fsp3) is 0.364. The Hall–Kier alpha value is -2.69. The lowest BCUT2D eigenvalue weighted by atomic mass is 9.98. The van der Waals surface area contributed by atoms with Crippen LogP contribution < -0.4 is 0 Å². The zero-order valence-corrected chi connectivity index (χ0v) is 10.5. The maximum Gasteiger partial charge on any atom is 0.384 e. The molecule has 100 valence electrons. The Labute approximate surface area is 108 Å². The maximum absolute atomic E-state index is 11.8. The summed E-state index contributed by atoms with van der Waals surface area (Å²) in [5, 5.41) is 7.62. The molecule has 1 aliphatic heterocycles. The highest BCUT2D eigenvalue weighted by molar-refractivity contribution is 6.30. The molecule has 8 nitrogen and oxygen atoms in total. The van der Waals surface area contributed by atoms with Gasteiger partial charge in [0, 0.05) is 20.0 Å². The van der Waals surface area contributed by atoms with Gasteiger partial charge in [-0.15, -0.1) is 0 Å². The van der Waals surface area contributed by atoms with Crippen molar-refractivity contribution in [1.29, 1.82) is 5.41 Å². The summed E-state index contributed by atoms with van der Waals surface area (Å²) in [6.45, 7) is 0. The Bertz CT molecular complexity index is 518. The van der Waals surface area contributed by atoms with Crippen LogP contribution in [0.25, 0.3) is 0 Å². The molecule has 0 aromatic rings. The van der Waals surface area contributed by atoms with E-state index in [1.165, 1.54) is 14.1 Å². The van der Waals surface area contributed by atoms with E-state index in [0.29, 0.717) is 0 Å². The first-order chi connectivity index (χ1) is 8.81. The van der Waals surface area contributed by atoms with E-state index >= 15 is 0 Å². The first kappa shape index (κ1) is 14.4. The zero-order valence-electron chi connectivity index (χ0n) is 10.5. The second-order valence-corrected chi connectivity index (χ2v) is 3.66. The number of ketones is 1. The van der Waals surface area contributed by atoms with Crippen molar-refractivity contribution in [2.45, 2.75) is 0 Å². The van der Waals surface area contributed by atoms with Gasteiger partial charge in [-0.2, -0.15) is 0 Å². The van der Waals surface area contributed by atoms with Crippen LogP contribution in [0.1, 0.15) is 0 Å².